The van der Waals surface area contributed by atoms with Gasteiger partial charge in [-0.05, 0) is 93.5 Å². The molecule has 0 saturated heterocycles. The highest BCUT2D eigenvalue weighted by Crippen LogP contribution is 2.29. The topological polar surface area (TPSA) is 87.7 Å². The summed E-state index contributed by atoms with van der Waals surface area (Å²) in [5.74, 6) is -0.533. The van der Waals surface area contributed by atoms with Crippen LogP contribution >= 0.6 is 0 Å². The number of ether oxygens (including phenoxy) is 1. The lowest BCUT2D eigenvalue weighted by molar-refractivity contribution is -0.140. The number of likely N-dealkylation sites (N-methyl/N-ethyl adjacent to an activating group) is 1. The summed E-state index contributed by atoms with van der Waals surface area (Å²) < 4.78 is 5.45. The monoisotopic (exact) mass is 545 g/mol. The van der Waals surface area contributed by atoms with E-state index < -0.39 is 23.8 Å². The van der Waals surface area contributed by atoms with Gasteiger partial charge in [0.1, 0.15) is 17.7 Å². The van der Waals surface area contributed by atoms with Gasteiger partial charge < -0.3 is 20.3 Å². The van der Waals surface area contributed by atoms with Gasteiger partial charge in [-0.3, -0.25) is 9.59 Å². The normalized spacial score (nSPS) is 13.0. The highest BCUT2D eigenvalue weighted by atomic mass is 16.6. The first-order chi connectivity index (χ1) is 18.8. The van der Waals surface area contributed by atoms with Crippen LogP contribution in [0, 0.1) is 19.8 Å². The van der Waals surface area contributed by atoms with E-state index in [1.54, 1.807) is 25.7 Å². The quantitative estimate of drug-likeness (QED) is 0.305. The lowest BCUT2D eigenvalue weighted by Crippen LogP contribution is -2.52. The van der Waals surface area contributed by atoms with Crippen LogP contribution < -0.4 is 10.6 Å². The predicted molar refractivity (Wildman–Crippen MR) is 161 cm³/mol. The molecule has 7 nitrogen and oxygen atoms in total. The Labute approximate surface area is 238 Å². The Morgan fingerprint density at radius 2 is 1.60 bits per heavy atom. The van der Waals surface area contributed by atoms with Crippen molar-refractivity contribution in [1.82, 2.24) is 10.2 Å². The molecule has 214 valence electrons. The number of hydrogen-bond acceptors (Lipinski definition) is 4. The highest BCUT2D eigenvalue weighted by Gasteiger charge is 2.36. The second-order valence-electron chi connectivity index (χ2n) is 11.7. The van der Waals surface area contributed by atoms with E-state index in [0.717, 1.165) is 27.5 Å². The maximum Gasteiger partial charge on any atom is 0.408 e. The molecule has 0 aliphatic carbocycles. The van der Waals surface area contributed by atoms with Crippen LogP contribution in [0.2, 0.25) is 0 Å². The van der Waals surface area contributed by atoms with Crippen molar-refractivity contribution in [2.24, 2.45) is 5.92 Å². The molecule has 3 aromatic rings. The van der Waals surface area contributed by atoms with E-state index in [-0.39, 0.29) is 24.3 Å². The molecule has 0 aromatic heterocycles. The van der Waals surface area contributed by atoms with Crippen LogP contribution in [0.15, 0.2) is 60.7 Å². The maximum atomic E-state index is 14.1. The molecule has 0 aliphatic heterocycles. The molecular formula is C33H43N3O4. The third-order valence-electron chi connectivity index (χ3n) is 6.84. The Balaban J connectivity index is 2.01. The number of alkyl carbamates (subject to hydrolysis) is 1. The first-order valence-electron chi connectivity index (χ1n) is 14.0. The second kappa shape index (κ2) is 13.0. The molecular weight excluding hydrogens is 502 g/mol. The summed E-state index contributed by atoms with van der Waals surface area (Å²) in [5, 5.41) is 7.91. The van der Waals surface area contributed by atoms with Crippen LogP contribution in [0.1, 0.15) is 70.7 Å². The van der Waals surface area contributed by atoms with Crippen LogP contribution in [0.5, 0.6) is 0 Å². The van der Waals surface area contributed by atoms with Gasteiger partial charge >= 0.3 is 6.09 Å². The molecule has 2 unspecified atom stereocenters. The lowest BCUT2D eigenvalue weighted by Gasteiger charge is -2.35. The number of carbonyl (C=O) groups is 3. The van der Waals surface area contributed by atoms with Crippen molar-refractivity contribution in [2.45, 2.75) is 79.5 Å². The van der Waals surface area contributed by atoms with Crippen molar-refractivity contribution >= 4 is 34.4 Å². The standard InChI is InChI=1S/C33H43N3O4/c1-9-36(31(38)28(19-21(2)3)35-32(39)40-33(6,7)8)29(27-16-12-13-22(4)23(27)5)30(37)34-26-18-17-24-14-10-11-15-25(24)20-26/h10-18,20-21,28-29H,9,19H2,1-8H3,(H,34,37)(H,35,39). The molecule has 0 bridgehead atoms. The Morgan fingerprint density at radius 1 is 0.925 bits per heavy atom. The van der Waals surface area contributed by atoms with E-state index in [1.165, 1.54) is 0 Å². The Hall–Kier alpha value is -3.87. The third-order valence-corrected chi connectivity index (χ3v) is 6.84. The number of hydrogen-bond donors (Lipinski definition) is 2. The summed E-state index contributed by atoms with van der Waals surface area (Å²) in [5.41, 5.74) is 2.64. The maximum absolute atomic E-state index is 14.1. The number of rotatable bonds is 9. The van der Waals surface area contributed by atoms with Crippen molar-refractivity contribution in [3.05, 3.63) is 77.4 Å². The summed E-state index contributed by atoms with van der Waals surface area (Å²) in [6, 6.07) is 17.7. The summed E-state index contributed by atoms with van der Waals surface area (Å²) in [7, 11) is 0. The van der Waals surface area contributed by atoms with Crippen molar-refractivity contribution in [1.29, 1.82) is 0 Å². The Morgan fingerprint density at radius 3 is 2.23 bits per heavy atom. The number of nitrogens with zero attached hydrogens (tertiary/aromatic N) is 1. The summed E-state index contributed by atoms with van der Waals surface area (Å²) in [6.07, 6.45) is -0.258. The zero-order valence-electron chi connectivity index (χ0n) is 25.0. The number of amides is 3. The van der Waals surface area contributed by atoms with E-state index in [4.69, 9.17) is 4.74 Å². The molecule has 3 rings (SSSR count). The van der Waals surface area contributed by atoms with Gasteiger partial charge in [0, 0.05) is 12.2 Å². The molecule has 0 saturated carbocycles. The number of carbonyl (C=O) groups excluding carboxylic acids is 3. The van der Waals surface area contributed by atoms with Gasteiger partial charge in [-0.2, -0.15) is 0 Å². The number of benzene rings is 3. The van der Waals surface area contributed by atoms with E-state index >= 15 is 0 Å². The summed E-state index contributed by atoms with van der Waals surface area (Å²) >= 11 is 0. The Kier molecular flexibility index (Phi) is 9.96. The summed E-state index contributed by atoms with van der Waals surface area (Å²) in [4.78, 5) is 42.4. The van der Waals surface area contributed by atoms with Crippen LogP contribution in [0.3, 0.4) is 0 Å². The molecule has 2 atom stereocenters. The van der Waals surface area contributed by atoms with Gasteiger partial charge in [0.05, 0.1) is 0 Å². The predicted octanol–water partition coefficient (Wildman–Crippen LogP) is 6.92. The molecule has 0 fully saturated rings. The third kappa shape index (κ3) is 7.84. The van der Waals surface area contributed by atoms with E-state index in [0.29, 0.717) is 12.1 Å². The summed E-state index contributed by atoms with van der Waals surface area (Å²) in [6.45, 7) is 15.4. The smallest absolute Gasteiger partial charge is 0.408 e. The van der Waals surface area contributed by atoms with Crippen molar-refractivity contribution in [2.75, 3.05) is 11.9 Å². The Bertz CT molecular complexity index is 1360. The average Bonchev–Trinajstić information content (AvgIpc) is 2.87. The van der Waals surface area contributed by atoms with Crippen molar-refractivity contribution in [3.8, 4) is 0 Å². The molecule has 0 aliphatic rings. The molecule has 40 heavy (non-hydrogen) atoms. The minimum absolute atomic E-state index is 0.119. The second-order valence-corrected chi connectivity index (χ2v) is 11.7. The van der Waals surface area contributed by atoms with E-state index in [1.807, 2.05) is 95.3 Å². The van der Waals surface area contributed by atoms with Gasteiger partial charge in [-0.15, -0.1) is 0 Å². The fourth-order valence-electron chi connectivity index (χ4n) is 4.81. The fourth-order valence-corrected chi connectivity index (χ4v) is 4.81. The first kappa shape index (κ1) is 30.7. The zero-order chi connectivity index (χ0) is 29.6. The number of aryl methyl sites for hydroxylation is 1. The minimum atomic E-state index is -0.904. The van der Waals surface area contributed by atoms with Crippen LogP contribution in [-0.2, 0) is 14.3 Å². The molecule has 7 heteroatoms. The first-order valence-corrected chi connectivity index (χ1v) is 14.0. The lowest BCUT2D eigenvalue weighted by atomic mass is 9.94. The average molecular weight is 546 g/mol. The molecule has 0 spiro atoms. The van der Waals surface area contributed by atoms with Gasteiger partial charge in [0.15, 0.2) is 0 Å². The highest BCUT2D eigenvalue weighted by molar-refractivity contribution is 6.00. The molecule has 0 radical (unpaired) electrons. The number of nitrogens with one attached hydrogen (secondary N) is 2. The number of anilines is 1. The van der Waals surface area contributed by atoms with Crippen molar-refractivity contribution in [3.63, 3.8) is 0 Å². The van der Waals surface area contributed by atoms with Crippen LogP contribution in [0.25, 0.3) is 10.8 Å². The zero-order valence-corrected chi connectivity index (χ0v) is 25.0. The largest absolute Gasteiger partial charge is 0.444 e. The SMILES string of the molecule is CCN(C(=O)C(CC(C)C)NC(=O)OC(C)(C)C)C(C(=O)Nc1ccc2ccccc2c1)c1cccc(C)c1C. The molecule has 0 heterocycles. The van der Waals surface area contributed by atoms with Gasteiger partial charge in [0.25, 0.3) is 5.91 Å². The minimum Gasteiger partial charge on any atom is -0.444 e. The van der Waals surface area contributed by atoms with E-state index in [9.17, 15) is 14.4 Å². The van der Waals surface area contributed by atoms with Crippen LogP contribution in [-0.4, -0.2) is 41.0 Å². The molecule has 3 amide bonds. The van der Waals surface area contributed by atoms with Crippen molar-refractivity contribution < 1.29 is 19.1 Å². The fraction of sp³-hybridized carbons (Fsp3) is 0.424. The number of fused-ring (bicyclic) bond motifs is 1. The van der Waals surface area contributed by atoms with Gasteiger partial charge in [-0.25, -0.2) is 4.79 Å². The van der Waals surface area contributed by atoms with Gasteiger partial charge in [-0.1, -0.05) is 62.4 Å². The molecule has 2 N–H and O–H groups in total. The van der Waals surface area contributed by atoms with Crippen LogP contribution in [0.4, 0.5) is 10.5 Å². The van der Waals surface area contributed by atoms with E-state index in [2.05, 4.69) is 10.6 Å². The molecule has 3 aromatic carbocycles. The van der Waals surface area contributed by atoms with Gasteiger partial charge in [0.2, 0.25) is 5.91 Å².